The van der Waals surface area contributed by atoms with Crippen molar-refractivity contribution in [2.45, 2.75) is 64.8 Å². The van der Waals surface area contributed by atoms with Gasteiger partial charge in [-0.1, -0.05) is 87.7 Å². The number of nitrogens with zero attached hydrogens (tertiary/aromatic N) is 1. The number of quaternary nitrogens is 1. The fraction of sp³-hybridized carbons (Fsp3) is 0.531. The molecular formula is C32H49N3O5. The van der Waals surface area contributed by atoms with Crippen molar-refractivity contribution in [3.63, 3.8) is 0 Å². The average Bonchev–Trinajstić information content (AvgIpc) is 2.89. The lowest BCUT2D eigenvalue weighted by molar-refractivity contribution is -0.871. The van der Waals surface area contributed by atoms with Crippen LogP contribution in [0.1, 0.15) is 57.9 Å². The molecule has 0 aliphatic heterocycles. The number of likely N-dealkylation sites (N-methyl/N-ethyl adjacent to an activating group) is 1. The van der Waals surface area contributed by atoms with E-state index < -0.39 is 24.4 Å². The van der Waals surface area contributed by atoms with E-state index in [0.717, 1.165) is 32.1 Å². The standard InChI is InChI=1S/C31H47N3O3.CH2O2/c1-24(2)22-28(30(35)36)29(23-34(3,4)5)33-31(37)32-21-13-8-6-7-10-14-25-17-19-27(20-18-25)26-15-11-9-12-16-26;2-1-3/h9,11-12,15-20,24,28-29H,6-8,10,13-14,21-23H2,1-5H3,(H2-,32,33,35,36,37);1H,(H,2,3)/t28-,29?;/m1./s1. The number of unbranched alkanes of at least 4 members (excludes halogenated alkanes) is 4. The van der Waals surface area contributed by atoms with E-state index in [2.05, 4.69) is 59.2 Å². The molecule has 0 aliphatic rings. The number of amides is 2. The molecule has 0 aromatic heterocycles. The lowest BCUT2D eigenvalue weighted by Gasteiger charge is -2.33. The molecule has 2 rings (SSSR count). The molecule has 0 radical (unpaired) electrons. The van der Waals surface area contributed by atoms with Crippen LogP contribution in [0.2, 0.25) is 0 Å². The van der Waals surface area contributed by atoms with Crippen molar-refractivity contribution in [3.05, 3.63) is 60.2 Å². The normalized spacial score (nSPS) is 12.6. The first-order valence-corrected chi connectivity index (χ1v) is 14.2. The van der Waals surface area contributed by atoms with Crippen LogP contribution in [-0.4, -0.2) is 68.3 Å². The Hall–Kier alpha value is -3.39. The van der Waals surface area contributed by atoms with Gasteiger partial charge in [0, 0.05) is 13.0 Å². The summed E-state index contributed by atoms with van der Waals surface area (Å²) in [5.41, 5.74) is 3.87. The van der Waals surface area contributed by atoms with Crippen molar-refractivity contribution in [3.8, 4) is 11.1 Å². The van der Waals surface area contributed by atoms with E-state index >= 15 is 0 Å². The highest BCUT2D eigenvalue weighted by molar-refractivity contribution is 5.76. The second-order valence-corrected chi connectivity index (χ2v) is 11.7. The summed E-state index contributed by atoms with van der Waals surface area (Å²) in [5, 5.41) is 23.9. The minimum absolute atomic E-state index is 0.245. The fourth-order valence-electron chi connectivity index (χ4n) is 4.71. The smallest absolute Gasteiger partial charge is 0.315 e. The van der Waals surface area contributed by atoms with Gasteiger partial charge in [0.05, 0.1) is 39.6 Å². The lowest BCUT2D eigenvalue weighted by Crippen LogP contribution is -2.56. The summed E-state index contributed by atoms with van der Waals surface area (Å²) in [7, 11) is 6.04. The van der Waals surface area contributed by atoms with Crippen LogP contribution < -0.4 is 15.7 Å². The third-order valence-corrected chi connectivity index (χ3v) is 6.58. The number of nitrogens with one attached hydrogen (secondary N) is 2. The highest BCUT2D eigenvalue weighted by atomic mass is 16.4. The Balaban J connectivity index is 0.00000254. The topological polar surface area (TPSA) is 119 Å². The van der Waals surface area contributed by atoms with Gasteiger partial charge in [0.25, 0.3) is 0 Å². The largest absolute Gasteiger partial charge is 0.554 e. The van der Waals surface area contributed by atoms with E-state index in [4.69, 9.17) is 9.90 Å². The maximum Gasteiger partial charge on any atom is 0.315 e. The molecule has 0 spiro atoms. The quantitative estimate of drug-likeness (QED) is 0.162. The van der Waals surface area contributed by atoms with E-state index in [9.17, 15) is 14.7 Å². The van der Waals surface area contributed by atoms with Gasteiger partial charge in [-0.25, -0.2) is 4.79 Å². The molecule has 3 N–H and O–H groups in total. The minimum atomic E-state index is -0.848. The predicted molar refractivity (Wildman–Crippen MR) is 159 cm³/mol. The van der Waals surface area contributed by atoms with E-state index in [0.29, 0.717) is 24.0 Å². The Kier molecular flexibility index (Phi) is 16.3. The van der Waals surface area contributed by atoms with Crippen LogP contribution in [0.25, 0.3) is 11.1 Å². The van der Waals surface area contributed by atoms with Crippen LogP contribution in [-0.2, 0) is 16.0 Å². The van der Waals surface area contributed by atoms with Gasteiger partial charge in [-0.05, 0) is 48.3 Å². The summed E-state index contributed by atoms with van der Waals surface area (Å²) >= 11 is 0. The van der Waals surface area contributed by atoms with Gasteiger partial charge in [-0.15, -0.1) is 0 Å². The highest BCUT2D eigenvalue weighted by Crippen LogP contribution is 2.20. The summed E-state index contributed by atoms with van der Waals surface area (Å²) in [4.78, 5) is 32.7. The first-order valence-electron chi connectivity index (χ1n) is 14.2. The molecule has 0 saturated carbocycles. The predicted octanol–water partition coefficient (Wildman–Crippen LogP) is 4.33. The molecule has 0 bridgehead atoms. The molecule has 0 aliphatic carbocycles. The molecular weight excluding hydrogens is 506 g/mol. The Morgan fingerprint density at radius 1 is 0.900 bits per heavy atom. The number of carboxylic acids is 1. The molecule has 8 heteroatoms. The molecule has 0 saturated heterocycles. The molecule has 2 aromatic rings. The van der Waals surface area contributed by atoms with Crippen molar-refractivity contribution >= 4 is 18.5 Å². The number of carboxylic acid groups (broad SMARTS) is 2. The molecule has 222 valence electrons. The SMILES string of the molecule is CC(C)C[C@@H](C(=O)O)C(C[N+](C)(C)C)NC(=O)NCCCCCCCc1ccc(-c2ccccc2)cc1.O=C[O-]. The Morgan fingerprint density at radius 2 is 1.45 bits per heavy atom. The van der Waals surface area contributed by atoms with Crippen molar-refractivity contribution in [2.24, 2.45) is 11.8 Å². The average molecular weight is 556 g/mol. The molecule has 1 unspecified atom stereocenters. The van der Waals surface area contributed by atoms with Crippen LogP contribution in [0.15, 0.2) is 54.6 Å². The number of aliphatic carboxylic acids is 1. The first kappa shape index (κ1) is 34.6. The number of hydrogen-bond acceptors (Lipinski definition) is 4. The number of rotatable bonds is 16. The Bertz CT molecular complexity index is 988. The van der Waals surface area contributed by atoms with Gasteiger partial charge >= 0.3 is 12.0 Å². The number of carbonyl (C=O) groups is 3. The van der Waals surface area contributed by atoms with Gasteiger partial charge in [-0.2, -0.15) is 0 Å². The van der Waals surface area contributed by atoms with Crippen molar-refractivity contribution in [1.82, 2.24) is 10.6 Å². The summed E-state index contributed by atoms with van der Waals surface area (Å²) in [6.07, 6.45) is 7.10. The van der Waals surface area contributed by atoms with Crippen molar-refractivity contribution in [1.29, 1.82) is 0 Å². The molecule has 8 nitrogen and oxygen atoms in total. The summed E-state index contributed by atoms with van der Waals surface area (Å²) < 4.78 is 0.587. The Morgan fingerprint density at radius 3 is 2.00 bits per heavy atom. The monoisotopic (exact) mass is 555 g/mol. The molecule has 2 amide bonds. The van der Waals surface area contributed by atoms with Crippen LogP contribution in [0.4, 0.5) is 4.79 Å². The van der Waals surface area contributed by atoms with E-state index in [1.807, 2.05) is 41.1 Å². The van der Waals surface area contributed by atoms with E-state index in [-0.39, 0.29) is 11.9 Å². The van der Waals surface area contributed by atoms with Crippen LogP contribution in [0, 0.1) is 11.8 Å². The highest BCUT2D eigenvalue weighted by Gasteiger charge is 2.34. The molecule has 0 fully saturated rings. The van der Waals surface area contributed by atoms with E-state index in [1.165, 1.54) is 23.1 Å². The van der Waals surface area contributed by atoms with Gasteiger partial charge in [0.15, 0.2) is 0 Å². The zero-order valence-electron chi connectivity index (χ0n) is 24.9. The van der Waals surface area contributed by atoms with Crippen molar-refractivity contribution in [2.75, 3.05) is 34.2 Å². The number of aryl methyl sites for hydroxylation is 1. The number of benzene rings is 2. The molecule has 40 heavy (non-hydrogen) atoms. The van der Waals surface area contributed by atoms with E-state index in [1.54, 1.807) is 0 Å². The maximum atomic E-state index is 12.5. The van der Waals surface area contributed by atoms with Crippen LogP contribution in [0.3, 0.4) is 0 Å². The second kappa shape index (κ2) is 18.8. The van der Waals surface area contributed by atoms with Crippen molar-refractivity contribution < 1.29 is 29.1 Å². The third kappa shape index (κ3) is 15.3. The van der Waals surface area contributed by atoms with Gasteiger partial charge in [0.2, 0.25) is 0 Å². The summed E-state index contributed by atoms with van der Waals surface area (Å²) in [6.45, 7) is 4.69. The summed E-state index contributed by atoms with van der Waals surface area (Å²) in [5.74, 6) is -1.20. The van der Waals surface area contributed by atoms with Crippen LogP contribution in [0.5, 0.6) is 0 Å². The van der Waals surface area contributed by atoms with Crippen LogP contribution >= 0.6 is 0 Å². The zero-order chi connectivity index (χ0) is 30.0. The molecule has 2 atom stereocenters. The maximum absolute atomic E-state index is 12.5. The third-order valence-electron chi connectivity index (χ3n) is 6.58. The zero-order valence-corrected chi connectivity index (χ0v) is 24.9. The second-order valence-electron chi connectivity index (χ2n) is 11.7. The van der Waals surface area contributed by atoms with Gasteiger partial charge in [-0.3, -0.25) is 4.79 Å². The number of hydrogen-bond donors (Lipinski definition) is 3. The Labute approximate surface area is 240 Å². The fourth-order valence-corrected chi connectivity index (χ4v) is 4.71. The number of urea groups is 1. The molecule has 0 heterocycles. The van der Waals surface area contributed by atoms with Gasteiger partial charge in [0.1, 0.15) is 0 Å². The van der Waals surface area contributed by atoms with Gasteiger partial charge < -0.3 is 30.1 Å². The first-order chi connectivity index (χ1) is 19.0. The lowest BCUT2D eigenvalue weighted by atomic mass is 9.89. The molecule has 2 aromatic carbocycles. The number of carbonyl (C=O) groups excluding carboxylic acids is 2. The minimum Gasteiger partial charge on any atom is -0.554 e. The summed E-state index contributed by atoms with van der Waals surface area (Å²) in [6, 6.07) is 18.6.